The molecule has 0 spiro atoms. The summed E-state index contributed by atoms with van der Waals surface area (Å²) >= 11 is 0. The van der Waals surface area contributed by atoms with Gasteiger partial charge in [0.1, 0.15) is 11.8 Å². The molecule has 2 N–H and O–H groups in total. The van der Waals surface area contributed by atoms with Gasteiger partial charge in [0.05, 0.1) is 24.1 Å². The molecule has 0 aliphatic heterocycles. The van der Waals surface area contributed by atoms with E-state index < -0.39 is 17.7 Å². The first-order chi connectivity index (χ1) is 12.4. The quantitative estimate of drug-likeness (QED) is 0.552. The number of nitrogens with two attached hydrogens (primary N) is 1. The molecule has 0 aliphatic carbocycles. The van der Waals surface area contributed by atoms with Crippen molar-refractivity contribution in [3.8, 4) is 0 Å². The molecule has 0 bridgehead atoms. The van der Waals surface area contributed by atoms with Gasteiger partial charge in [-0.05, 0) is 30.7 Å². The number of anilines is 1. The van der Waals surface area contributed by atoms with Crippen LogP contribution in [0.5, 0.6) is 0 Å². The summed E-state index contributed by atoms with van der Waals surface area (Å²) < 4.78 is 44.3. The van der Waals surface area contributed by atoms with Gasteiger partial charge in [-0.25, -0.2) is 19.7 Å². The van der Waals surface area contributed by atoms with Gasteiger partial charge in [-0.15, -0.1) is 0 Å². The third-order valence-corrected chi connectivity index (χ3v) is 3.65. The number of alkyl halides is 3. The maximum atomic E-state index is 12.5. The highest BCUT2D eigenvalue weighted by atomic mass is 19.4. The molecule has 10 heteroatoms. The molecule has 136 valence electrons. The second-order valence-electron chi connectivity index (χ2n) is 5.43. The molecule has 0 atom stereocenters. The predicted octanol–water partition coefficient (Wildman–Crippen LogP) is 2.67. The van der Waals surface area contributed by atoms with Crippen molar-refractivity contribution < 1.29 is 22.7 Å². The third-order valence-electron chi connectivity index (χ3n) is 3.65. The average molecular weight is 365 g/mol. The maximum Gasteiger partial charge on any atom is 0.416 e. The van der Waals surface area contributed by atoms with Crippen molar-refractivity contribution >= 4 is 23.0 Å². The summed E-state index contributed by atoms with van der Waals surface area (Å²) in [6, 6.07) is 3.87. The van der Waals surface area contributed by atoms with Gasteiger partial charge in [-0.3, -0.25) is 0 Å². The first-order valence-electron chi connectivity index (χ1n) is 7.62. The van der Waals surface area contributed by atoms with Crippen LogP contribution in [0.15, 0.2) is 36.9 Å². The van der Waals surface area contributed by atoms with Crippen molar-refractivity contribution in [2.45, 2.75) is 19.1 Å². The maximum absolute atomic E-state index is 12.5. The molecule has 1 aromatic carbocycles. The highest BCUT2D eigenvalue weighted by molar-refractivity contribution is 5.89. The number of aromatic nitrogens is 4. The molecular weight excluding hydrogens is 351 g/mol. The van der Waals surface area contributed by atoms with Gasteiger partial charge in [0, 0.05) is 6.54 Å². The van der Waals surface area contributed by atoms with E-state index >= 15 is 0 Å². The summed E-state index contributed by atoms with van der Waals surface area (Å²) in [5, 5.41) is 0. The van der Waals surface area contributed by atoms with Crippen molar-refractivity contribution in [2.24, 2.45) is 0 Å². The molecule has 0 radical (unpaired) electrons. The Morgan fingerprint density at radius 2 is 1.88 bits per heavy atom. The van der Waals surface area contributed by atoms with Crippen molar-refractivity contribution in [1.29, 1.82) is 0 Å². The van der Waals surface area contributed by atoms with Crippen LogP contribution < -0.4 is 5.73 Å². The molecule has 0 amide bonds. The van der Waals surface area contributed by atoms with Crippen LogP contribution in [0.4, 0.5) is 19.0 Å². The number of hydrogen-bond donors (Lipinski definition) is 1. The highest BCUT2D eigenvalue weighted by Gasteiger charge is 2.30. The number of benzene rings is 1. The van der Waals surface area contributed by atoms with Crippen LogP contribution >= 0.6 is 0 Å². The molecule has 0 saturated carbocycles. The predicted molar refractivity (Wildman–Crippen MR) is 86.1 cm³/mol. The lowest BCUT2D eigenvalue weighted by atomic mass is 10.1. The minimum Gasteiger partial charge on any atom is -0.462 e. The molecule has 0 fully saturated rings. The lowest BCUT2D eigenvalue weighted by molar-refractivity contribution is -0.137. The summed E-state index contributed by atoms with van der Waals surface area (Å²) in [5.74, 6) is -0.400. The van der Waals surface area contributed by atoms with Crippen LogP contribution in [0.2, 0.25) is 0 Å². The number of carbonyl (C=O) groups excluding carboxylic acids is 1. The Morgan fingerprint density at radius 3 is 2.58 bits per heavy atom. The van der Waals surface area contributed by atoms with E-state index in [1.165, 1.54) is 6.33 Å². The van der Waals surface area contributed by atoms with Crippen molar-refractivity contribution in [2.75, 3.05) is 12.3 Å². The van der Waals surface area contributed by atoms with Crippen molar-refractivity contribution in [3.63, 3.8) is 0 Å². The van der Waals surface area contributed by atoms with Gasteiger partial charge in [0.25, 0.3) is 0 Å². The number of hydrogen-bond acceptors (Lipinski definition) is 6. The zero-order valence-corrected chi connectivity index (χ0v) is 13.4. The second kappa shape index (κ2) is 6.98. The standard InChI is InChI=1S/C16H14F3N5O2/c17-16(18,19)11-4-2-10(3-5-11)15(25)26-7-1-6-24-9-23-12-13(20)21-8-22-14(12)24/h2-5,8-9H,1,6-7H2,(H2,20,21,22). The number of fused-ring (bicyclic) bond motifs is 1. The average Bonchev–Trinajstić information content (AvgIpc) is 3.02. The van der Waals surface area contributed by atoms with Crippen LogP contribution in [0.1, 0.15) is 22.3 Å². The number of halogens is 3. The molecule has 2 aromatic heterocycles. The number of aryl methyl sites for hydroxylation is 1. The van der Waals surface area contributed by atoms with E-state index in [-0.39, 0.29) is 18.0 Å². The summed E-state index contributed by atoms with van der Waals surface area (Å²) in [6.07, 6.45) is -1.07. The van der Waals surface area contributed by atoms with E-state index in [4.69, 9.17) is 10.5 Å². The monoisotopic (exact) mass is 365 g/mol. The van der Waals surface area contributed by atoms with Gasteiger partial charge in [0.2, 0.25) is 0 Å². The normalized spacial score (nSPS) is 11.7. The van der Waals surface area contributed by atoms with Gasteiger partial charge in [-0.1, -0.05) is 0 Å². The molecule has 0 unspecified atom stereocenters. The number of rotatable bonds is 5. The van der Waals surface area contributed by atoms with E-state index in [1.807, 2.05) is 0 Å². The van der Waals surface area contributed by atoms with Gasteiger partial charge in [-0.2, -0.15) is 13.2 Å². The van der Waals surface area contributed by atoms with E-state index in [1.54, 1.807) is 10.9 Å². The SMILES string of the molecule is Nc1ncnc2c1ncn2CCCOC(=O)c1ccc(C(F)(F)F)cc1. The fraction of sp³-hybridized carbons (Fsp3) is 0.250. The van der Waals surface area contributed by atoms with Gasteiger partial charge < -0.3 is 15.0 Å². The van der Waals surface area contributed by atoms with Crippen LogP contribution in [0.3, 0.4) is 0 Å². The molecule has 3 rings (SSSR count). The van der Waals surface area contributed by atoms with E-state index in [0.29, 0.717) is 24.1 Å². The number of carbonyl (C=O) groups is 1. The van der Waals surface area contributed by atoms with Crippen LogP contribution in [0, 0.1) is 0 Å². The van der Waals surface area contributed by atoms with E-state index in [9.17, 15) is 18.0 Å². The molecule has 3 aromatic rings. The van der Waals surface area contributed by atoms with Crippen LogP contribution in [-0.4, -0.2) is 32.1 Å². The number of nitrogens with zero attached hydrogens (tertiary/aromatic N) is 4. The van der Waals surface area contributed by atoms with E-state index in [0.717, 1.165) is 24.3 Å². The first kappa shape index (κ1) is 17.6. The Morgan fingerprint density at radius 1 is 1.15 bits per heavy atom. The third kappa shape index (κ3) is 3.73. The largest absolute Gasteiger partial charge is 0.462 e. The number of nitrogen functional groups attached to an aromatic ring is 1. The van der Waals surface area contributed by atoms with Crippen molar-refractivity contribution in [3.05, 3.63) is 48.0 Å². The minimum absolute atomic E-state index is 0.0617. The Bertz CT molecular complexity index is 922. The minimum atomic E-state index is -4.44. The van der Waals surface area contributed by atoms with Crippen molar-refractivity contribution in [1.82, 2.24) is 19.5 Å². The van der Waals surface area contributed by atoms with Gasteiger partial charge in [0.15, 0.2) is 11.5 Å². The fourth-order valence-corrected chi connectivity index (χ4v) is 2.34. The summed E-state index contributed by atoms with van der Waals surface area (Å²) in [7, 11) is 0. The Kier molecular flexibility index (Phi) is 4.74. The van der Waals surface area contributed by atoms with Crippen LogP contribution in [-0.2, 0) is 17.5 Å². The Balaban J connectivity index is 1.53. The summed E-state index contributed by atoms with van der Waals surface area (Å²) in [4.78, 5) is 23.9. The highest BCUT2D eigenvalue weighted by Crippen LogP contribution is 2.29. The molecular formula is C16H14F3N5O2. The molecule has 26 heavy (non-hydrogen) atoms. The molecule has 0 aliphatic rings. The zero-order chi connectivity index (χ0) is 18.7. The summed E-state index contributed by atoms with van der Waals surface area (Å²) in [6.45, 7) is 0.577. The van der Waals surface area contributed by atoms with Crippen LogP contribution in [0.25, 0.3) is 11.2 Å². The Labute approximate surface area is 145 Å². The second-order valence-corrected chi connectivity index (χ2v) is 5.43. The summed E-state index contributed by atoms with van der Waals surface area (Å²) in [5.41, 5.74) is 6.01. The zero-order valence-electron chi connectivity index (χ0n) is 13.4. The lowest BCUT2D eigenvalue weighted by Gasteiger charge is -2.08. The number of imidazole rings is 1. The fourth-order valence-electron chi connectivity index (χ4n) is 2.34. The molecule has 7 nitrogen and oxygen atoms in total. The lowest BCUT2D eigenvalue weighted by Crippen LogP contribution is -2.10. The number of ether oxygens (including phenoxy) is 1. The molecule has 0 saturated heterocycles. The first-order valence-corrected chi connectivity index (χ1v) is 7.62. The molecule has 2 heterocycles. The smallest absolute Gasteiger partial charge is 0.416 e. The van der Waals surface area contributed by atoms with Gasteiger partial charge >= 0.3 is 12.1 Å². The topological polar surface area (TPSA) is 95.9 Å². The Hall–Kier alpha value is -3.17. The van der Waals surface area contributed by atoms with E-state index in [2.05, 4.69) is 15.0 Å². The number of esters is 1.